The third-order valence-electron chi connectivity index (χ3n) is 5.91. The van der Waals surface area contributed by atoms with Crippen LogP contribution in [0.4, 0.5) is 5.69 Å². The van der Waals surface area contributed by atoms with E-state index in [-0.39, 0.29) is 17.5 Å². The Labute approximate surface area is 197 Å². The van der Waals surface area contributed by atoms with E-state index < -0.39 is 0 Å². The molecule has 2 aromatic heterocycles. The molecule has 0 saturated carbocycles. The minimum Gasteiger partial charge on any atom is -0.378 e. The van der Waals surface area contributed by atoms with E-state index in [1.807, 2.05) is 18.2 Å². The number of carbonyl (C=O) groups excluding carboxylic acids is 2. The van der Waals surface area contributed by atoms with E-state index in [9.17, 15) is 9.59 Å². The van der Waals surface area contributed by atoms with Gasteiger partial charge >= 0.3 is 0 Å². The van der Waals surface area contributed by atoms with Crippen molar-refractivity contribution in [2.45, 2.75) is 13.3 Å². The van der Waals surface area contributed by atoms with Gasteiger partial charge in [0.05, 0.1) is 18.9 Å². The molecule has 0 radical (unpaired) electrons. The second-order valence-electron chi connectivity index (χ2n) is 8.12. The van der Waals surface area contributed by atoms with Crippen LogP contribution in [0.25, 0.3) is 16.9 Å². The number of ether oxygens (including phenoxy) is 1. The largest absolute Gasteiger partial charge is 0.378 e. The summed E-state index contributed by atoms with van der Waals surface area (Å²) in [4.78, 5) is 31.9. The minimum atomic E-state index is -0.367. The number of aromatic nitrogens is 3. The number of aryl methyl sites for hydroxylation is 1. The van der Waals surface area contributed by atoms with Crippen LogP contribution in [0.1, 0.15) is 33.3 Å². The van der Waals surface area contributed by atoms with Crippen molar-refractivity contribution in [2.24, 2.45) is 0 Å². The van der Waals surface area contributed by atoms with Gasteiger partial charge in [-0.1, -0.05) is 37.3 Å². The van der Waals surface area contributed by atoms with Gasteiger partial charge in [0.1, 0.15) is 0 Å². The number of hydrogen-bond donors (Lipinski definition) is 1. The van der Waals surface area contributed by atoms with Gasteiger partial charge in [0.25, 0.3) is 11.8 Å². The predicted octanol–water partition coefficient (Wildman–Crippen LogP) is 3.68. The molecule has 8 nitrogen and oxygen atoms in total. The van der Waals surface area contributed by atoms with Crippen molar-refractivity contribution in [1.29, 1.82) is 0 Å². The fraction of sp³-hybridized carbons (Fsp3) is 0.231. The van der Waals surface area contributed by atoms with Gasteiger partial charge in [-0.25, -0.2) is 9.50 Å². The van der Waals surface area contributed by atoms with Gasteiger partial charge in [0.15, 0.2) is 11.3 Å². The summed E-state index contributed by atoms with van der Waals surface area (Å²) in [6, 6.07) is 18.7. The summed E-state index contributed by atoms with van der Waals surface area (Å²) in [5.41, 5.74) is 4.98. The van der Waals surface area contributed by atoms with Gasteiger partial charge in [0.2, 0.25) is 0 Å². The topological polar surface area (TPSA) is 88.8 Å². The van der Waals surface area contributed by atoms with Crippen LogP contribution in [0, 0.1) is 0 Å². The first kappa shape index (κ1) is 21.8. The molecule has 1 N–H and O–H groups in total. The van der Waals surface area contributed by atoms with Crippen LogP contribution in [0.3, 0.4) is 0 Å². The van der Waals surface area contributed by atoms with E-state index in [1.54, 1.807) is 45.9 Å². The molecule has 5 rings (SSSR count). The van der Waals surface area contributed by atoms with Crippen molar-refractivity contribution in [3.8, 4) is 11.3 Å². The molecule has 1 fully saturated rings. The summed E-state index contributed by atoms with van der Waals surface area (Å²) in [6.07, 6.45) is 2.68. The van der Waals surface area contributed by atoms with Gasteiger partial charge in [-0.2, -0.15) is 5.10 Å². The lowest BCUT2D eigenvalue weighted by Gasteiger charge is -2.27. The first-order chi connectivity index (χ1) is 16.6. The summed E-state index contributed by atoms with van der Waals surface area (Å²) in [7, 11) is 0. The monoisotopic (exact) mass is 455 g/mol. The summed E-state index contributed by atoms with van der Waals surface area (Å²) in [6.45, 7) is 4.32. The molecule has 1 aliphatic heterocycles. The second-order valence-corrected chi connectivity index (χ2v) is 8.12. The molecule has 1 saturated heterocycles. The Morgan fingerprint density at radius 1 is 1.03 bits per heavy atom. The Kier molecular flexibility index (Phi) is 6.05. The SMILES string of the molecule is CCc1ccc(-c2ccnc3cc(C(=O)Nc4cccc(C(=O)N5CCOCC5)c4)nn23)cc1. The number of rotatable bonds is 5. The van der Waals surface area contributed by atoms with E-state index >= 15 is 0 Å². The van der Waals surface area contributed by atoms with Crippen molar-refractivity contribution in [3.63, 3.8) is 0 Å². The molecule has 3 heterocycles. The molecule has 0 aliphatic carbocycles. The van der Waals surface area contributed by atoms with Crippen LogP contribution in [-0.2, 0) is 11.2 Å². The Balaban J connectivity index is 1.37. The maximum atomic E-state index is 13.0. The Bertz CT molecular complexity index is 1340. The molecule has 8 heteroatoms. The molecule has 1 aliphatic rings. The first-order valence-corrected chi connectivity index (χ1v) is 11.3. The predicted molar refractivity (Wildman–Crippen MR) is 129 cm³/mol. The van der Waals surface area contributed by atoms with Crippen molar-refractivity contribution in [2.75, 3.05) is 31.6 Å². The molecule has 4 aromatic rings. The fourth-order valence-corrected chi connectivity index (χ4v) is 4.01. The molecule has 172 valence electrons. The highest BCUT2D eigenvalue weighted by Crippen LogP contribution is 2.21. The Hall–Kier alpha value is -4.04. The van der Waals surface area contributed by atoms with E-state index in [0.29, 0.717) is 43.2 Å². The van der Waals surface area contributed by atoms with E-state index in [4.69, 9.17) is 4.74 Å². The number of morpholine rings is 1. The van der Waals surface area contributed by atoms with Crippen molar-refractivity contribution >= 4 is 23.1 Å². The average molecular weight is 456 g/mol. The lowest BCUT2D eigenvalue weighted by molar-refractivity contribution is 0.0303. The average Bonchev–Trinajstić information content (AvgIpc) is 3.34. The van der Waals surface area contributed by atoms with Crippen LogP contribution < -0.4 is 5.32 Å². The molecule has 0 bridgehead atoms. The Morgan fingerprint density at radius 2 is 1.82 bits per heavy atom. The number of anilines is 1. The van der Waals surface area contributed by atoms with Crippen molar-refractivity contribution in [1.82, 2.24) is 19.5 Å². The lowest BCUT2D eigenvalue weighted by Crippen LogP contribution is -2.40. The summed E-state index contributed by atoms with van der Waals surface area (Å²) in [5, 5.41) is 7.37. The number of nitrogens with one attached hydrogen (secondary N) is 1. The zero-order valence-electron chi connectivity index (χ0n) is 18.9. The quantitative estimate of drug-likeness (QED) is 0.496. The van der Waals surface area contributed by atoms with Gasteiger partial charge < -0.3 is 15.0 Å². The lowest BCUT2D eigenvalue weighted by atomic mass is 10.1. The van der Waals surface area contributed by atoms with Crippen LogP contribution in [0.5, 0.6) is 0 Å². The summed E-state index contributed by atoms with van der Waals surface area (Å²) < 4.78 is 6.99. The van der Waals surface area contributed by atoms with Crippen LogP contribution in [0.15, 0.2) is 66.9 Å². The fourth-order valence-electron chi connectivity index (χ4n) is 4.01. The number of amides is 2. The smallest absolute Gasteiger partial charge is 0.276 e. The highest BCUT2D eigenvalue weighted by atomic mass is 16.5. The van der Waals surface area contributed by atoms with E-state index in [0.717, 1.165) is 17.7 Å². The minimum absolute atomic E-state index is 0.0740. The molecule has 34 heavy (non-hydrogen) atoms. The summed E-state index contributed by atoms with van der Waals surface area (Å²) in [5.74, 6) is -0.441. The third-order valence-corrected chi connectivity index (χ3v) is 5.91. The number of fused-ring (bicyclic) bond motifs is 1. The van der Waals surface area contributed by atoms with Gasteiger partial charge in [0, 0.05) is 42.2 Å². The molecular weight excluding hydrogens is 430 g/mol. The zero-order chi connectivity index (χ0) is 23.5. The van der Waals surface area contributed by atoms with Crippen LogP contribution >= 0.6 is 0 Å². The molecular formula is C26H25N5O3. The standard InChI is InChI=1S/C26H25N5O3/c1-2-18-6-8-19(9-7-18)23-10-11-27-24-17-22(29-31(23)24)25(32)28-21-5-3-4-20(16-21)26(33)30-12-14-34-15-13-30/h3-11,16-17H,2,12-15H2,1H3,(H,28,32). The van der Waals surface area contributed by atoms with Crippen molar-refractivity contribution < 1.29 is 14.3 Å². The maximum Gasteiger partial charge on any atom is 0.276 e. The van der Waals surface area contributed by atoms with E-state index in [2.05, 4.69) is 34.5 Å². The van der Waals surface area contributed by atoms with Gasteiger partial charge in [-0.15, -0.1) is 0 Å². The molecule has 2 aromatic carbocycles. The van der Waals surface area contributed by atoms with Gasteiger partial charge in [-0.05, 0) is 36.2 Å². The molecule has 0 spiro atoms. The van der Waals surface area contributed by atoms with Crippen LogP contribution in [0.2, 0.25) is 0 Å². The molecule has 0 unspecified atom stereocenters. The second kappa shape index (κ2) is 9.44. The number of nitrogens with zero attached hydrogens (tertiary/aromatic N) is 4. The van der Waals surface area contributed by atoms with Gasteiger partial charge in [-0.3, -0.25) is 9.59 Å². The number of benzene rings is 2. The maximum absolute atomic E-state index is 13.0. The molecule has 2 amide bonds. The van der Waals surface area contributed by atoms with E-state index in [1.165, 1.54) is 5.56 Å². The summed E-state index contributed by atoms with van der Waals surface area (Å²) >= 11 is 0. The number of hydrogen-bond acceptors (Lipinski definition) is 5. The third kappa shape index (κ3) is 4.40. The number of carbonyl (C=O) groups is 2. The highest BCUT2D eigenvalue weighted by Gasteiger charge is 2.19. The zero-order valence-corrected chi connectivity index (χ0v) is 18.9. The molecule has 0 atom stereocenters. The highest BCUT2D eigenvalue weighted by molar-refractivity contribution is 6.04. The first-order valence-electron chi connectivity index (χ1n) is 11.3. The normalized spacial score (nSPS) is 13.7. The van der Waals surface area contributed by atoms with Crippen LogP contribution in [-0.4, -0.2) is 57.6 Å². The Morgan fingerprint density at radius 3 is 2.59 bits per heavy atom. The van der Waals surface area contributed by atoms with Crippen molar-refractivity contribution in [3.05, 3.63) is 83.7 Å².